The number of nitrogens with two attached hydrogens (primary N) is 1. The van der Waals surface area contributed by atoms with E-state index in [-0.39, 0.29) is 39.4 Å². The molecule has 1 aliphatic rings. The van der Waals surface area contributed by atoms with Crippen molar-refractivity contribution in [1.82, 2.24) is 0 Å². The fraction of sp³-hybridized carbons (Fsp3) is 0.0455. The lowest BCUT2D eigenvalue weighted by Gasteiger charge is -2.23. The van der Waals surface area contributed by atoms with E-state index in [9.17, 15) is 14.4 Å². The number of fused-ring (bicyclic) bond motifs is 2. The molecule has 7 heteroatoms. The number of carbonyl (C=O) groups is 3. The molecule has 0 aromatic heterocycles. The van der Waals surface area contributed by atoms with Crippen molar-refractivity contribution in [3.8, 4) is 17.2 Å². The first-order valence-electron chi connectivity index (χ1n) is 8.69. The van der Waals surface area contributed by atoms with Gasteiger partial charge in [0.15, 0.2) is 23.9 Å². The highest BCUT2D eigenvalue weighted by atomic mass is 16.5. The summed E-state index contributed by atoms with van der Waals surface area (Å²) >= 11 is 0. The molecule has 0 amide bonds. The zero-order valence-corrected chi connectivity index (χ0v) is 15.0. The first-order valence-corrected chi connectivity index (χ1v) is 8.69. The summed E-state index contributed by atoms with van der Waals surface area (Å²) in [6.07, 6.45) is 0. The Bertz CT molecular complexity index is 1150. The predicted molar refractivity (Wildman–Crippen MR) is 104 cm³/mol. The van der Waals surface area contributed by atoms with Gasteiger partial charge < -0.3 is 20.3 Å². The number of benzene rings is 3. The number of ether oxygens (including phenoxy) is 2. The maximum absolute atomic E-state index is 13.1. The number of para-hydroxylation sites is 1. The second-order valence-corrected chi connectivity index (χ2v) is 6.34. The van der Waals surface area contributed by atoms with E-state index >= 15 is 0 Å². The van der Waals surface area contributed by atoms with E-state index in [1.54, 1.807) is 42.5 Å². The molecule has 0 heterocycles. The topological polar surface area (TPSA) is 116 Å². The molecule has 0 spiro atoms. The van der Waals surface area contributed by atoms with Gasteiger partial charge in [-0.15, -0.1) is 0 Å². The Hall–Kier alpha value is -4.13. The summed E-state index contributed by atoms with van der Waals surface area (Å²) in [6.45, 7) is -0.690. The van der Waals surface area contributed by atoms with Crippen LogP contribution in [-0.4, -0.2) is 29.2 Å². The predicted octanol–water partition coefficient (Wildman–Crippen LogP) is 3.30. The quantitative estimate of drug-likeness (QED) is 0.503. The van der Waals surface area contributed by atoms with Crippen LogP contribution in [0.15, 0.2) is 60.7 Å². The van der Waals surface area contributed by atoms with Crippen LogP contribution in [0.2, 0.25) is 0 Å². The van der Waals surface area contributed by atoms with Crippen LogP contribution in [0.3, 0.4) is 0 Å². The van der Waals surface area contributed by atoms with Crippen molar-refractivity contribution < 1.29 is 29.0 Å². The van der Waals surface area contributed by atoms with Gasteiger partial charge in [0.2, 0.25) is 0 Å². The maximum atomic E-state index is 13.1. The number of anilines is 1. The summed E-state index contributed by atoms with van der Waals surface area (Å²) in [5.74, 6) is -1.67. The molecule has 0 atom stereocenters. The number of nitrogen functional groups attached to an aromatic ring is 1. The molecule has 0 saturated heterocycles. The zero-order valence-electron chi connectivity index (χ0n) is 15.0. The molecule has 0 fully saturated rings. The van der Waals surface area contributed by atoms with Crippen molar-refractivity contribution in [2.75, 3.05) is 12.3 Å². The lowest BCUT2D eigenvalue weighted by molar-refractivity contribution is -0.139. The lowest BCUT2D eigenvalue weighted by atomic mass is 9.82. The van der Waals surface area contributed by atoms with Gasteiger partial charge in [-0.05, 0) is 12.1 Å². The van der Waals surface area contributed by atoms with Gasteiger partial charge in [0.05, 0.1) is 16.8 Å². The van der Waals surface area contributed by atoms with Crippen molar-refractivity contribution >= 4 is 23.2 Å². The summed E-state index contributed by atoms with van der Waals surface area (Å²) in [4.78, 5) is 37.2. The number of hydrogen-bond acceptors (Lipinski definition) is 6. The number of aliphatic carboxylic acids is 1. The Labute approximate surface area is 165 Å². The highest BCUT2D eigenvalue weighted by Gasteiger charge is 2.36. The molecular weight excluding hydrogens is 374 g/mol. The van der Waals surface area contributed by atoms with Crippen LogP contribution in [0.5, 0.6) is 17.2 Å². The van der Waals surface area contributed by atoms with Crippen molar-refractivity contribution in [2.24, 2.45) is 0 Å². The van der Waals surface area contributed by atoms with Gasteiger partial charge in [-0.25, -0.2) is 4.79 Å². The number of carboxylic acids is 1. The molecule has 7 nitrogen and oxygen atoms in total. The molecule has 0 bridgehead atoms. The van der Waals surface area contributed by atoms with E-state index in [1.807, 2.05) is 6.07 Å². The fourth-order valence-corrected chi connectivity index (χ4v) is 3.21. The molecule has 0 unspecified atom stereocenters. The standard InChI is InChI=1S/C22H15NO6/c23-20-16(29-12-6-2-1-3-7-12)10-15(28-11-17(24)25)18-19(20)22(27)14-9-5-4-8-13(14)21(18)26/h1-10H,11,23H2,(H,24,25). The second kappa shape index (κ2) is 7.12. The van der Waals surface area contributed by atoms with Crippen molar-refractivity contribution in [2.45, 2.75) is 0 Å². The molecule has 0 radical (unpaired) electrons. The monoisotopic (exact) mass is 389 g/mol. The van der Waals surface area contributed by atoms with E-state index in [0.29, 0.717) is 5.75 Å². The Morgan fingerprint density at radius 3 is 2.07 bits per heavy atom. The van der Waals surface area contributed by atoms with Crippen LogP contribution >= 0.6 is 0 Å². The first-order chi connectivity index (χ1) is 14.0. The third-order valence-electron chi connectivity index (χ3n) is 4.49. The van der Waals surface area contributed by atoms with Gasteiger partial charge in [0.1, 0.15) is 11.5 Å². The van der Waals surface area contributed by atoms with Gasteiger partial charge in [-0.2, -0.15) is 0 Å². The van der Waals surface area contributed by atoms with E-state index in [0.717, 1.165) is 0 Å². The van der Waals surface area contributed by atoms with Gasteiger partial charge in [-0.1, -0.05) is 42.5 Å². The Morgan fingerprint density at radius 2 is 1.45 bits per heavy atom. The fourth-order valence-electron chi connectivity index (χ4n) is 3.21. The van der Waals surface area contributed by atoms with E-state index < -0.39 is 24.1 Å². The van der Waals surface area contributed by atoms with E-state index in [4.69, 9.17) is 20.3 Å². The highest BCUT2D eigenvalue weighted by Crippen LogP contribution is 2.43. The molecule has 1 aliphatic carbocycles. The Kier molecular flexibility index (Phi) is 4.48. The van der Waals surface area contributed by atoms with Crippen LogP contribution in [0.4, 0.5) is 5.69 Å². The Morgan fingerprint density at radius 1 is 0.862 bits per heavy atom. The van der Waals surface area contributed by atoms with Crippen LogP contribution < -0.4 is 15.2 Å². The average molecular weight is 389 g/mol. The number of rotatable bonds is 5. The minimum atomic E-state index is -1.23. The van der Waals surface area contributed by atoms with Crippen LogP contribution in [0.25, 0.3) is 0 Å². The molecule has 3 aromatic carbocycles. The van der Waals surface area contributed by atoms with Crippen molar-refractivity contribution in [3.63, 3.8) is 0 Å². The summed E-state index contributed by atoms with van der Waals surface area (Å²) in [5, 5.41) is 8.98. The average Bonchev–Trinajstić information content (AvgIpc) is 2.73. The van der Waals surface area contributed by atoms with Gasteiger partial charge in [-0.3, -0.25) is 9.59 Å². The molecule has 3 aromatic rings. The number of ketones is 2. The molecule has 29 heavy (non-hydrogen) atoms. The normalized spacial score (nSPS) is 12.1. The Balaban J connectivity index is 1.91. The molecule has 3 N–H and O–H groups in total. The van der Waals surface area contributed by atoms with E-state index in [1.165, 1.54) is 12.1 Å². The number of carboxylic acid groups (broad SMARTS) is 1. The second-order valence-electron chi connectivity index (χ2n) is 6.34. The minimum absolute atomic E-state index is 0.0145. The third-order valence-corrected chi connectivity index (χ3v) is 4.49. The van der Waals surface area contributed by atoms with Crippen LogP contribution in [-0.2, 0) is 4.79 Å². The van der Waals surface area contributed by atoms with Crippen LogP contribution in [0, 0.1) is 0 Å². The van der Waals surface area contributed by atoms with Crippen LogP contribution in [0.1, 0.15) is 31.8 Å². The molecule has 4 rings (SSSR count). The van der Waals surface area contributed by atoms with E-state index in [2.05, 4.69) is 0 Å². The minimum Gasteiger partial charge on any atom is -0.481 e. The summed E-state index contributed by atoms with van der Waals surface area (Å²) in [6, 6.07) is 16.4. The molecular formula is C22H15NO6. The zero-order chi connectivity index (χ0) is 20.5. The summed E-state index contributed by atoms with van der Waals surface area (Å²) < 4.78 is 11.1. The largest absolute Gasteiger partial charge is 0.481 e. The number of hydrogen-bond donors (Lipinski definition) is 2. The SMILES string of the molecule is Nc1c(Oc2ccccc2)cc(OCC(=O)O)c2c1C(=O)c1ccccc1C2=O. The van der Waals surface area contributed by atoms with Crippen molar-refractivity contribution in [1.29, 1.82) is 0 Å². The number of carbonyl (C=O) groups excluding carboxylic acids is 2. The lowest BCUT2D eigenvalue weighted by Crippen LogP contribution is -2.24. The van der Waals surface area contributed by atoms with Gasteiger partial charge in [0, 0.05) is 17.2 Å². The van der Waals surface area contributed by atoms with Gasteiger partial charge >= 0.3 is 5.97 Å². The summed E-state index contributed by atoms with van der Waals surface area (Å²) in [7, 11) is 0. The third kappa shape index (κ3) is 3.19. The first kappa shape index (κ1) is 18.2. The molecule has 0 saturated carbocycles. The smallest absolute Gasteiger partial charge is 0.341 e. The summed E-state index contributed by atoms with van der Waals surface area (Å²) in [5.41, 5.74) is 6.52. The molecule has 0 aliphatic heterocycles. The molecule has 144 valence electrons. The highest BCUT2D eigenvalue weighted by molar-refractivity contribution is 6.31. The van der Waals surface area contributed by atoms with Crippen molar-refractivity contribution in [3.05, 3.63) is 82.9 Å². The maximum Gasteiger partial charge on any atom is 0.341 e. The van der Waals surface area contributed by atoms with Gasteiger partial charge in [0.25, 0.3) is 0 Å².